The largest absolute Gasteiger partial charge is 0.429 e. The lowest BCUT2D eigenvalue weighted by Gasteiger charge is -2.54. The van der Waals surface area contributed by atoms with Crippen LogP contribution < -0.4 is 0 Å². The van der Waals surface area contributed by atoms with Gasteiger partial charge in [0.1, 0.15) is 0 Å². The number of carbonyl (C=O) groups is 1. The standard InChI is InChI=1S/C25H38O4/c1-16(2)8-6-12-24(4)13-7-9-20-19(24)11-10-17(3)25(20,5)15-21(26)18-14-22(27)29-23(18)28/h11,14,17,20-21,23,26,28H,1,6-10,12-13,15H2,2-5H3/t17-,20?,21-,23+,24-,25-/m0/s1. The Kier molecular flexibility index (Phi) is 6.45. The van der Waals surface area contributed by atoms with Crippen LogP contribution in [0.2, 0.25) is 0 Å². The Morgan fingerprint density at radius 2 is 2.14 bits per heavy atom. The molecular weight excluding hydrogens is 364 g/mol. The highest BCUT2D eigenvalue weighted by atomic mass is 16.6. The number of esters is 1. The molecule has 0 radical (unpaired) electrons. The molecule has 4 nitrogen and oxygen atoms in total. The summed E-state index contributed by atoms with van der Waals surface area (Å²) in [6, 6.07) is 0. The Morgan fingerprint density at radius 1 is 1.41 bits per heavy atom. The van der Waals surface area contributed by atoms with Crippen LogP contribution in [-0.2, 0) is 9.53 Å². The predicted octanol–water partition coefficient (Wildman–Crippen LogP) is 5.06. The zero-order valence-corrected chi connectivity index (χ0v) is 18.5. The number of aliphatic hydroxyl groups is 2. The molecular formula is C25H38O4. The van der Waals surface area contributed by atoms with Crippen molar-refractivity contribution in [1.82, 2.24) is 0 Å². The molecule has 4 heteroatoms. The van der Waals surface area contributed by atoms with Crippen molar-refractivity contribution in [2.45, 2.75) is 91.5 Å². The van der Waals surface area contributed by atoms with E-state index >= 15 is 0 Å². The molecule has 2 aliphatic carbocycles. The van der Waals surface area contributed by atoms with Gasteiger partial charge in [-0.2, -0.15) is 0 Å². The predicted molar refractivity (Wildman–Crippen MR) is 115 cm³/mol. The van der Waals surface area contributed by atoms with E-state index in [-0.39, 0.29) is 10.8 Å². The van der Waals surface area contributed by atoms with Crippen molar-refractivity contribution in [1.29, 1.82) is 0 Å². The van der Waals surface area contributed by atoms with Crippen molar-refractivity contribution >= 4 is 5.97 Å². The maximum Gasteiger partial charge on any atom is 0.333 e. The number of aliphatic hydroxyl groups excluding tert-OH is 2. The summed E-state index contributed by atoms with van der Waals surface area (Å²) in [6.07, 6.45) is 10.1. The van der Waals surface area contributed by atoms with Gasteiger partial charge in [0.2, 0.25) is 6.29 Å². The number of rotatable bonds is 7. The molecule has 2 N–H and O–H groups in total. The smallest absolute Gasteiger partial charge is 0.333 e. The van der Waals surface area contributed by atoms with E-state index in [0.717, 1.165) is 19.3 Å². The van der Waals surface area contributed by atoms with Gasteiger partial charge < -0.3 is 14.9 Å². The van der Waals surface area contributed by atoms with Gasteiger partial charge >= 0.3 is 5.97 Å². The Hall–Kier alpha value is -1.39. The Labute approximate surface area is 175 Å². The minimum absolute atomic E-state index is 0.0776. The fourth-order valence-electron chi connectivity index (χ4n) is 6.01. The highest BCUT2D eigenvalue weighted by molar-refractivity contribution is 5.85. The first-order valence-electron chi connectivity index (χ1n) is 11.2. The molecule has 29 heavy (non-hydrogen) atoms. The van der Waals surface area contributed by atoms with Crippen molar-refractivity contribution < 1.29 is 19.7 Å². The summed E-state index contributed by atoms with van der Waals surface area (Å²) in [5.74, 6) is 0.288. The molecule has 0 aromatic rings. The average molecular weight is 403 g/mol. The molecule has 0 aromatic heterocycles. The average Bonchev–Trinajstić information content (AvgIpc) is 2.97. The van der Waals surface area contributed by atoms with Crippen LogP contribution in [0.15, 0.2) is 35.5 Å². The molecule has 0 spiro atoms. The van der Waals surface area contributed by atoms with Crippen LogP contribution in [0, 0.1) is 22.7 Å². The topological polar surface area (TPSA) is 66.8 Å². The van der Waals surface area contributed by atoms with Gasteiger partial charge in [0.15, 0.2) is 0 Å². The molecule has 3 aliphatic rings. The highest BCUT2D eigenvalue weighted by Crippen LogP contribution is 2.59. The number of hydrogen-bond acceptors (Lipinski definition) is 4. The first-order valence-corrected chi connectivity index (χ1v) is 11.2. The normalized spacial score (nSPS) is 38.0. The van der Waals surface area contributed by atoms with Crippen molar-refractivity contribution in [3.8, 4) is 0 Å². The number of ether oxygens (including phenoxy) is 1. The van der Waals surface area contributed by atoms with E-state index < -0.39 is 18.4 Å². The number of allylic oxidation sites excluding steroid dienone is 3. The molecule has 1 saturated carbocycles. The zero-order valence-electron chi connectivity index (χ0n) is 18.5. The van der Waals surface area contributed by atoms with Crippen LogP contribution in [0.3, 0.4) is 0 Å². The molecule has 1 aliphatic heterocycles. The lowest BCUT2D eigenvalue weighted by Crippen LogP contribution is -2.46. The van der Waals surface area contributed by atoms with Crippen LogP contribution in [0.1, 0.15) is 79.1 Å². The fraction of sp³-hybridized carbons (Fsp3) is 0.720. The van der Waals surface area contributed by atoms with E-state index in [1.54, 1.807) is 5.57 Å². The summed E-state index contributed by atoms with van der Waals surface area (Å²) in [6.45, 7) is 13.1. The van der Waals surface area contributed by atoms with Gasteiger partial charge in [-0.3, -0.25) is 0 Å². The SMILES string of the molecule is C=C(C)CCC[C@@]1(C)CCCC2C1=CC[C@H](C)[C@]2(C)C[C@H](O)C1=CC(=O)O[C@H]1O. The minimum Gasteiger partial charge on any atom is -0.429 e. The van der Waals surface area contributed by atoms with Crippen LogP contribution in [0.5, 0.6) is 0 Å². The first-order chi connectivity index (χ1) is 13.6. The summed E-state index contributed by atoms with van der Waals surface area (Å²) in [5, 5.41) is 20.9. The van der Waals surface area contributed by atoms with E-state index in [1.807, 2.05) is 0 Å². The quantitative estimate of drug-likeness (QED) is 0.461. The van der Waals surface area contributed by atoms with Gasteiger partial charge in [0.05, 0.1) is 6.10 Å². The van der Waals surface area contributed by atoms with Crippen molar-refractivity contribution in [2.75, 3.05) is 0 Å². The van der Waals surface area contributed by atoms with Gasteiger partial charge in [0, 0.05) is 11.6 Å². The monoisotopic (exact) mass is 402 g/mol. The minimum atomic E-state index is -1.31. The van der Waals surface area contributed by atoms with E-state index in [1.165, 1.54) is 37.3 Å². The summed E-state index contributed by atoms with van der Waals surface area (Å²) in [5.41, 5.74) is 3.27. The molecule has 0 saturated heterocycles. The maximum absolute atomic E-state index is 11.5. The third kappa shape index (κ3) is 4.39. The lowest BCUT2D eigenvalue weighted by atomic mass is 9.50. The summed E-state index contributed by atoms with van der Waals surface area (Å²) >= 11 is 0. The van der Waals surface area contributed by atoms with E-state index in [9.17, 15) is 15.0 Å². The third-order valence-electron chi connectivity index (χ3n) is 8.05. The summed E-state index contributed by atoms with van der Waals surface area (Å²) < 4.78 is 4.79. The van der Waals surface area contributed by atoms with Gasteiger partial charge in [-0.05, 0) is 74.5 Å². The van der Waals surface area contributed by atoms with Crippen LogP contribution in [0.4, 0.5) is 0 Å². The van der Waals surface area contributed by atoms with Crippen LogP contribution in [-0.4, -0.2) is 28.6 Å². The maximum atomic E-state index is 11.5. The molecule has 162 valence electrons. The molecule has 0 bridgehead atoms. The lowest BCUT2D eigenvalue weighted by molar-refractivity contribution is -0.152. The van der Waals surface area contributed by atoms with E-state index in [2.05, 4.69) is 40.3 Å². The Balaban J connectivity index is 1.81. The fourth-order valence-corrected chi connectivity index (χ4v) is 6.01. The second-order valence-electron chi connectivity index (χ2n) is 10.3. The number of carbonyl (C=O) groups excluding carboxylic acids is 1. The van der Waals surface area contributed by atoms with Crippen LogP contribution in [0.25, 0.3) is 0 Å². The van der Waals surface area contributed by atoms with Crippen LogP contribution >= 0.6 is 0 Å². The highest BCUT2D eigenvalue weighted by Gasteiger charge is 2.50. The van der Waals surface area contributed by atoms with Gasteiger partial charge in [-0.1, -0.05) is 44.4 Å². The molecule has 6 atom stereocenters. The molecule has 1 fully saturated rings. The zero-order chi connectivity index (χ0) is 21.4. The second kappa shape index (κ2) is 8.39. The molecule has 1 heterocycles. The van der Waals surface area contributed by atoms with Gasteiger partial charge in [0.25, 0.3) is 0 Å². The molecule has 3 rings (SSSR count). The van der Waals surface area contributed by atoms with Gasteiger partial charge in [-0.25, -0.2) is 4.79 Å². The van der Waals surface area contributed by atoms with Crippen molar-refractivity contribution in [3.05, 3.63) is 35.5 Å². The molecule has 1 unspecified atom stereocenters. The third-order valence-corrected chi connectivity index (χ3v) is 8.05. The first kappa shape index (κ1) is 22.3. The van der Waals surface area contributed by atoms with Crippen molar-refractivity contribution in [2.24, 2.45) is 22.7 Å². The number of cyclic esters (lactones) is 1. The van der Waals surface area contributed by atoms with Crippen molar-refractivity contribution in [3.63, 3.8) is 0 Å². The summed E-state index contributed by atoms with van der Waals surface area (Å²) in [4.78, 5) is 11.5. The number of fused-ring (bicyclic) bond motifs is 1. The Morgan fingerprint density at radius 3 is 2.76 bits per heavy atom. The van der Waals surface area contributed by atoms with E-state index in [4.69, 9.17) is 4.74 Å². The van der Waals surface area contributed by atoms with E-state index in [0.29, 0.717) is 23.8 Å². The Bertz CT molecular complexity index is 720. The van der Waals surface area contributed by atoms with Gasteiger partial charge in [-0.15, -0.1) is 6.58 Å². The summed E-state index contributed by atoms with van der Waals surface area (Å²) in [7, 11) is 0. The molecule has 0 aromatic carbocycles. The number of hydrogen-bond donors (Lipinski definition) is 2. The second-order valence-corrected chi connectivity index (χ2v) is 10.3. The molecule has 0 amide bonds.